The van der Waals surface area contributed by atoms with Crippen molar-refractivity contribution in [2.45, 2.75) is 6.54 Å². The van der Waals surface area contributed by atoms with E-state index in [4.69, 9.17) is 0 Å². The van der Waals surface area contributed by atoms with Crippen molar-refractivity contribution in [3.8, 4) is 0 Å². The second kappa shape index (κ2) is 6.87. The van der Waals surface area contributed by atoms with Crippen LogP contribution in [0.1, 0.15) is 5.56 Å². The topological polar surface area (TPSA) is 48.4 Å². The minimum absolute atomic E-state index is 0.235. The fourth-order valence-electron chi connectivity index (χ4n) is 2.66. The summed E-state index contributed by atoms with van der Waals surface area (Å²) in [6.45, 7) is 4.12. The molecule has 3 rings (SSSR count). The Morgan fingerprint density at radius 3 is 2.65 bits per heavy atom. The summed E-state index contributed by atoms with van der Waals surface area (Å²) in [5.41, 5.74) is 0.699. The van der Waals surface area contributed by atoms with Gasteiger partial charge in [0.05, 0.1) is 6.20 Å². The Kier molecular flexibility index (Phi) is 4.66. The van der Waals surface area contributed by atoms with E-state index in [0.29, 0.717) is 12.1 Å². The minimum atomic E-state index is -0.235. The first kappa shape index (κ1) is 15.6. The lowest BCUT2D eigenvalue weighted by molar-refractivity contribution is 0.246. The summed E-state index contributed by atoms with van der Waals surface area (Å²) in [5, 5.41) is 0. The van der Waals surface area contributed by atoms with Crippen molar-refractivity contribution in [1.29, 1.82) is 0 Å². The Morgan fingerprint density at radius 1 is 1.17 bits per heavy atom. The van der Waals surface area contributed by atoms with Gasteiger partial charge in [0.15, 0.2) is 0 Å². The highest BCUT2D eigenvalue weighted by molar-refractivity contribution is 5.49. The highest BCUT2D eigenvalue weighted by atomic mass is 19.1. The average Bonchev–Trinajstić information content (AvgIpc) is 2.58. The van der Waals surface area contributed by atoms with Crippen LogP contribution in [-0.4, -0.2) is 60.1 Å². The molecule has 0 amide bonds. The maximum atomic E-state index is 13.7. The third-order valence-electron chi connectivity index (χ3n) is 4.04. The molecule has 7 heteroatoms. The van der Waals surface area contributed by atoms with Gasteiger partial charge >= 0.3 is 0 Å². The molecule has 1 aliphatic rings. The van der Waals surface area contributed by atoms with Crippen LogP contribution in [0.25, 0.3) is 0 Å². The van der Waals surface area contributed by atoms with Crippen LogP contribution in [0.2, 0.25) is 0 Å². The number of piperazine rings is 1. The highest BCUT2D eigenvalue weighted by Gasteiger charge is 2.19. The van der Waals surface area contributed by atoms with Crippen LogP contribution in [0.3, 0.4) is 0 Å². The van der Waals surface area contributed by atoms with Gasteiger partial charge in [0.1, 0.15) is 23.8 Å². The molecular formula is C16H21FN6. The summed E-state index contributed by atoms with van der Waals surface area (Å²) in [4.78, 5) is 18.9. The summed E-state index contributed by atoms with van der Waals surface area (Å²) in [6, 6.07) is 3.74. The summed E-state index contributed by atoms with van der Waals surface area (Å²) in [6.07, 6.45) is 4.51. The molecule has 23 heavy (non-hydrogen) atoms. The molecule has 1 saturated heterocycles. The molecule has 1 fully saturated rings. The molecule has 2 aromatic rings. The van der Waals surface area contributed by atoms with E-state index in [1.165, 1.54) is 6.20 Å². The molecule has 0 radical (unpaired) electrons. The van der Waals surface area contributed by atoms with Gasteiger partial charge in [-0.3, -0.25) is 9.88 Å². The average molecular weight is 316 g/mol. The van der Waals surface area contributed by atoms with Crippen molar-refractivity contribution < 1.29 is 4.39 Å². The van der Waals surface area contributed by atoms with Gasteiger partial charge in [-0.2, -0.15) is 0 Å². The number of nitrogens with zero attached hydrogens (tertiary/aromatic N) is 6. The molecule has 3 heterocycles. The number of anilines is 2. The van der Waals surface area contributed by atoms with E-state index in [-0.39, 0.29) is 5.82 Å². The Labute approximate surface area is 135 Å². The molecule has 0 N–H and O–H groups in total. The molecule has 6 nitrogen and oxygen atoms in total. The molecule has 0 saturated carbocycles. The molecule has 1 aliphatic heterocycles. The van der Waals surface area contributed by atoms with Crippen molar-refractivity contribution in [3.63, 3.8) is 0 Å². The summed E-state index contributed by atoms with van der Waals surface area (Å²) in [7, 11) is 3.93. The Hall–Kier alpha value is -2.28. The van der Waals surface area contributed by atoms with E-state index in [1.54, 1.807) is 18.6 Å². The summed E-state index contributed by atoms with van der Waals surface area (Å²) < 4.78 is 13.7. The quantitative estimate of drug-likeness (QED) is 0.850. The number of hydrogen-bond donors (Lipinski definition) is 0. The highest BCUT2D eigenvalue weighted by Crippen LogP contribution is 2.18. The van der Waals surface area contributed by atoms with E-state index in [9.17, 15) is 4.39 Å². The van der Waals surface area contributed by atoms with Crippen LogP contribution in [-0.2, 0) is 6.54 Å². The standard InChI is InChI=1S/C16H21FN6/c1-21(2)15-9-16(20-12-19-15)23-7-5-22(6-8-23)11-13-3-4-18-10-14(13)17/h3-4,9-10,12H,5-8,11H2,1-2H3. The second-order valence-electron chi connectivity index (χ2n) is 5.86. The van der Waals surface area contributed by atoms with Gasteiger partial charge in [0.25, 0.3) is 0 Å². The lowest BCUT2D eigenvalue weighted by Gasteiger charge is -2.35. The van der Waals surface area contributed by atoms with Gasteiger partial charge < -0.3 is 9.80 Å². The van der Waals surface area contributed by atoms with Crippen LogP contribution in [0, 0.1) is 5.82 Å². The van der Waals surface area contributed by atoms with Crippen molar-refractivity contribution >= 4 is 11.6 Å². The van der Waals surface area contributed by atoms with Crippen molar-refractivity contribution in [2.75, 3.05) is 50.1 Å². The van der Waals surface area contributed by atoms with E-state index in [0.717, 1.165) is 37.8 Å². The molecule has 0 atom stereocenters. The summed E-state index contributed by atoms with van der Waals surface area (Å²) >= 11 is 0. The normalized spacial score (nSPS) is 15.7. The molecule has 0 aromatic carbocycles. The largest absolute Gasteiger partial charge is 0.363 e. The van der Waals surface area contributed by atoms with Crippen LogP contribution >= 0.6 is 0 Å². The Balaban J connectivity index is 1.60. The first-order valence-electron chi connectivity index (χ1n) is 7.68. The van der Waals surface area contributed by atoms with Gasteiger partial charge in [-0.1, -0.05) is 0 Å². The summed E-state index contributed by atoms with van der Waals surface area (Å²) in [5.74, 6) is 1.61. The predicted molar refractivity (Wildman–Crippen MR) is 88.0 cm³/mol. The Morgan fingerprint density at radius 2 is 1.96 bits per heavy atom. The molecule has 0 unspecified atom stereocenters. The molecule has 0 bridgehead atoms. The zero-order chi connectivity index (χ0) is 16.2. The number of hydrogen-bond acceptors (Lipinski definition) is 6. The molecule has 0 spiro atoms. The SMILES string of the molecule is CN(C)c1cc(N2CCN(Cc3ccncc3F)CC2)ncn1. The lowest BCUT2D eigenvalue weighted by atomic mass is 10.2. The van der Waals surface area contributed by atoms with Crippen molar-refractivity contribution in [3.05, 3.63) is 42.2 Å². The predicted octanol–water partition coefficient (Wildman–Crippen LogP) is 1.40. The number of halogens is 1. The minimum Gasteiger partial charge on any atom is -0.363 e. The van der Waals surface area contributed by atoms with Crippen molar-refractivity contribution in [2.24, 2.45) is 0 Å². The van der Waals surface area contributed by atoms with Gasteiger partial charge in [-0.25, -0.2) is 14.4 Å². The zero-order valence-corrected chi connectivity index (χ0v) is 13.5. The molecule has 2 aromatic heterocycles. The number of rotatable bonds is 4. The van der Waals surface area contributed by atoms with Crippen LogP contribution in [0.5, 0.6) is 0 Å². The zero-order valence-electron chi connectivity index (χ0n) is 13.5. The monoisotopic (exact) mass is 316 g/mol. The maximum absolute atomic E-state index is 13.7. The maximum Gasteiger partial charge on any atom is 0.145 e. The third kappa shape index (κ3) is 3.73. The third-order valence-corrected chi connectivity index (χ3v) is 4.04. The lowest BCUT2D eigenvalue weighted by Crippen LogP contribution is -2.46. The molecular weight excluding hydrogens is 295 g/mol. The molecule has 0 aliphatic carbocycles. The fourth-order valence-corrected chi connectivity index (χ4v) is 2.66. The smallest absolute Gasteiger partial charge is 0.145 e. The van der Waals surface area contributed by atoms with Crippen LogP contribution in [0.15, 0.2) is 30.9 Å². The van der Waals surface area contributed by atoms with Crippen LogP contribution in [0.4, 0.5) is 16.0 Å². The van der Waals surface area contributed by atoms with E-state index in [1.807, 2.05) is 25.1 Å². The van der Waals surface area contributed by atoms with Gasteiger partial charge in [-0.05, 0) is 6.07 Å². The van der Waals surface area contributed by atoms with Gasteiger partial charge in [0, 0.05) is 64.6 Å². The second-order valence-corrected chi connectivity index (χ2v) is 5.86. The first-order chi connectivity index (χ1) is 11.1. The van der Waals surface area contributed by atoms with E-state index >= 15 is 0 Å². The van der Waals surface area contributed by atoms with E-state index < -0.39 is 0 Å². The van der Waals surface area contributed by atoms with Crippen molar-refractivity contribution in [1.82, 2.24) is 19.9 Å². The molecule has 122 valence electrons. The number of pyridine rings is 1. The Bertz CT molecular complexity index is 655. The van der Waals surface area contributed by atoms with Gasteiger partial charge in [0.2, 0.25) is 0 Å². The number of aromatic nitrogens is 3. The fraction of sp³-hybridized carbons (Fsp3) is 0.438. The first-order valence-corrected chi connectivity index (χ1v) is 7.68. The van der Waals surface area contributed by atoms with Gasteiger partial charge in [-0.15, -0.1) is 0 Å². The van der Waals surface area contributed by atoms with Crippen LogP contribution < -0.4 is 9.80 Å². The van der Waals surface area contributed by atoms with E-state index in [2.05, 4.69) is 24.8 Å².